The summed E-state index contributed by atoms with van der Waals surface area (Å²) in [7, 11) is 0. The van der Waals surface area contributed by atoms with Crippen molar-refractivity contribution in [1.29, 1.82) is 0 Å². The van der Waals surface area contributed by atoms with Gasteiger partial charge in [0.05, 0.1) is 0 Å². The summed E-state index contributed by atoms with van der Waals surface area (Å²) in [6.45, 7) is 4.76. The second-order valence-corrected chi connectivity index (χ2v) is 7.90. The van der Waals surface area contributed by atoms with Crippen LogP contribution in [0, 0.1) is 0 Å². The lowest BCUT2D eigenvalue weighted by Crippen LogP contribution is -1.92. The molecule has 3 aromatic carbocycles. The summed E-state index contributed by atoms with van der Waals surface area (Å²) in [5, 5.41) is 8.95. The molecule has 0 heterocycles. The van der Waals surface area contributed by atoms with Crippen LogP contribution in [0.25, 0.3) is 22.3 Å². The van der Waals surface area contributed by atoms with E-state index in [1.807, 2.05) is 0 Å². The maximum absolute atomic E-state index is 8.95. The lowest BCUT2D eigenvalue weighted by molar-refractivity contribution is 0.284. The molecule has 0 fully saturated rings. The van der Waals surface area contributed by atoms with Crippen molar-refractivity contribution in [3.63, 3.8) is 0 Å². The zero-order valence-corrected chi connectivity index (χ0v) is 18.0. The Labute approximate surface area is 176 Å². The third-order valence-corrected chi connectivity index (χ3v) is 5.73. The normalized spacial score (nSPS) is 11.0. The summed E-state index contributed by atoms with van der Waals surface area (Å²) >= 11 is 0. The fourth-order valence-electron chi connectivity index (χ4n) is 3.88. The predicted molar refractivity (Wildman–Crippen MR) is 125 cm³/mol. The van der Waals surface area contributed by atoms with E-state index < -0.39 is 0 Å². The number of rotatable bonds is 10. The zero-order chi connectivity index (χ0) is 20.5. The van der Waals surface area contributed by atoms with E-state index in [0.29, 0.717) is 0 Å². The Balaban J connectivity index is 1.78. The Morgan fingerprint density at radius 1 is 0.621 bits per heavy atom. The van der Waals surface area contributed by atoms with Gasteiger partial charge in [0.25, 0.3) is 0 Å². The molecular weight excluding hydrogens is 352 g/mol. The first kappa shape index (κ1) is 21.3. The maximum Gasteiger partial charge on any atom is 0.0431 e. The fourth-order valence-corrected chi connectivity index (χ4v) is 3.88. The molecule has 1 heteroatoms. The standard InChI is InChI=1S/C28H34O/c1-3-5-8-22-10-14-25(15-11-22)27-18-19-28(24(4-2)21-27)26-16-12-23(13-17-26)9-6-7-20-29/h10-19,21,29H,3-9,20H2,1-2H3. The third kappa shape index (κ3) is 5.81. The molecule has 152 valence electrons. The Morgan fingerprint density at radius 2 is 1.21 bits per heavy atom. The van der Waals surface area contributed by atoms with E-state index in [-0.39, 0.29) is 6.61 Å². The zero-order valence-electron chi connectivity index (χ0n) is 18.0. The van der Waals surface area contributed by atoms with Crippen molar-refractivity contribution in [1.82, 2.24) is 0 Å². The molecule has 0 aliphatic rings. The monoisotopic (exact) mass is 386 g/mol. The number of benzene rings is 3. The lowest BCUT2D eigenvalue weighted by atomic mass is 9.92. The quantitative estimate of drug-likeness (QED) is 0.364. The summed E-state index contributed by atoms with van der Waals surface area (Å²) in [4.78, 5) is 0. The Kier molecular flexibility index (Phi) is 8.07. The van der Waals surface area contributed by atoms with Gasteiger partial charge in [0.1, 0.15) is 0 Å². The molecule has 0 aliphatic heterocycles. The molecule has 0 saturated heterocycles. The van der Waals surface area contributed by atoms with Crippen LogP contribution in [0.1, 0.15) is 56.2 Å². The summed E-state index contributed by atoms with van der Waals surface area (Å²) in [6.07, 6.45) is 7.66. The van der Waals surface area contributed by atoms with Gasteiger partial charge in [-0.25, -0.2) is 0 Å². The van der Waals surface area contributed by atoms with Gasteiger partial charge in [-0.05, 0) is 77.5 Å². The lowest BCUT2D eigenvalue weighted by Gasteiger charge is -2.12. The third-order valence-electron chi connectivity index (χ3n) is 5.73. The maximum atomic E-state index is 8.95. The van der Waals surface area contributed by atoms with E-state index in [4.69, 9.17) is 5.11 Å². The molecule has 0 amide bonds. The van der Waals surface area contributed by atoms with E-state index in [1.165, 1.54) is 58.2 Å². The van der Waals surface area contributed by atoms with Crippen LogP contribution in [-0.2, 0) is 19.3 Å². The van der Waals surface area contributed by atoms with Crippen LogP contribution in [0.15, 0.2) is 66.7 Å². The minimum absolute atomic E-state index is 0.283. The van der Waals surface area contributed by atoms with Crippen LogP contribution in [0.3, 0.4) is 0 Å². The fraction of sp³-hybridized carbons (Fsp3) is 0.357. The molecular formula is C28H34O. The SMILES string of the molecule is CCCCc1ccc(-c2ccc(-c3ccc(CCCCO)cc3)c(CC)c2)cc1. The molecule has 3 aromatic rings. The molecule has 0 saturated carbocycles. The first-order chi connectivity index (χ1) is 14.2. The number of hydrogen-bond donors (Lipinski definition) is 1. The highest BCUT2D eigenvalue weighted by Crippen LogP contribution is 2.30. The van der Waals surface area contributed by atoms with Gasteiger partial charge in [-0.15, -0.1) is 0 Å². The number of aryl methyl sites for hydroxylation is 3. The molecule has 0 aliphatic carbocycles. The van der Waals surface area contributed by atoms with Crippen molar-refractivity contribution < 1.29 is 5.11 Å². The van der Waals surface area contributed by atoms with Gasteiger partial charge in [-0.3, -0.25) is 0 Å². The van der Waals surface area contributed by atoms with Gasteiger partial charge >= 0.3 is 0 Å². The minimum Gasteiger partial charge on any atom is -0.396 e. The van der Waals surface area contributed by atoms with Crippen molar-refractivity contribution in [2.75, 3.05) is 6.61 Å². The van der Waals surface area contributed by atoms with Crippen LogP contribution >= 0.6 is 0 Å². The van der Waals surface area contributed by atoms with Crippen molar-refractivity contribution in [3.8, 4) is 22.3 Å². The Bertz CT molecular complexity index is 875. The van der Waals surface area contributed by atoms with Gasteiger partial charge in [0.15, 0.2) is 0 Å². The Hall–Kier alpha value is -2.38. The average molecular weight is 387 g/mol. The van der Waals surface area contributed by atoms with E-state index in [9.17, 15) is 0 Å². The van der Waals surface area contributed by atoms with Gasteiger partial charge in [-0.2, -0.15) is 0 Å². The number of hydrogen-bond acceptors (Lipinski definition) is 1. The molecule has 0 bridgehead atoms. The highest BCUT2D eigenvalue weighted by atomic mass is 16.2. The molecule has 1 nitrogen and oxygen atoms in total. The van der Waals surface area contributed by atoms with Crippen LogP contribution in [0.4, 0.5) is 0 Å². The first-order valence-corrected chi connectivity index (χ1v) is 11.2. The summed E-state index contributed by atoms with van der Waals surface area (Å²) in [5.41, 5.74) is 9.39. The highest BCUT2D eigenvalue weighted by molar-refractivity contribution is 5.74. The van der Waals surface area contributed by atoms with Gasteiger partial charge < -0.3 is 5.11 Å². The number of aliphatic hydroxyl groups is 1. The molecule has 0 radical (unpaired) electrons. The second-order valence-electron chi connectivity index (χ2n) is 7.90. The van der Waals surface area contributed by atoms with E-state index in [2.05, 4.69) is 80.6 Å². The van der Waals surface area contributed by atoms with Gasteiger partial charge in [0.2, 0.25) is 0 Å². The average Bonchev–Trinajstić information content (AvgIpc) is 2.78. The molecule has 3 rings (SSSR count). The largest absolute Gasteiger partial charge is 0.396 e. The second kappa shape index (κ2) is 11.0. The first-order valence-electron chi connectivity index (χ1n) is 11.2. The highest BCUT2D eigenvalue weighted by Gasteiger charge is 2.07. The van der Waals surface area contributed by atoms with Gasteiger partial charge in [-0.1, -0.05) is 87.0 Å². The van der Waals surface area contributed by atoms with Crippen LogP contribution in [-0.4, -0.2) is 11.7 Å². The van der Waals surface area contributed by atoms with E-state index in [0.717, 1.165) is 25.7 Å². The number of unbranched alkanes of at least 4 members (excludes halogenated alkanes) is 2. The molecule has 0 aromatic heterocycles. The molecule has 29 heavy (non-hydrogen) atoms. The van der Waals surface area contributed by atoms with E-state index >= 15 is 0 Å². The summed E-state index contributed by atoms with van der Waals surface area (Å²) in [5.74, 6) is 0. The molecule has 1 N–H and O–H groups in total. The van der Waals surface area contributed by atoms with E-state index in [1.54, 1.807) is 0 Å². The summed E-state index contributed by atoms with van der Waals surface area (Å²) < 4.78 is 0. The summed E-state index contributed by atoms with van der Waals surface area (Å²) in [6, 6.07) is 24.9. The van der Waals surface area contributed by atoms with Crippen molar-refractivity contribution in [2.24, 2.45) is 0 Å². The molecule has 0 unspecified atom stereocenters. The van der Waals surface area contributed by atoms with Crippen LogP contribution < -0.4 is 0 Å². The smallest absolute Gasteiger partial charge is 0.0431 e. The predicted octanol–water partition coefficient (Wildman–Crippen LogP) is 7.24. The van der Waals surface area contributed by atoms with Crippen molar-refractivity contribution >= 4 is 0 Å². The topological polar surface area (TPSA) is 20.2 Å². The van der Waals surface area contributed by atoms with Crippen LogP contribution in [0.2, 0.25) is 0 Å². The van der Waals surface area contributed by atoms with Gasteiger partial charge in [0, 0.05) is 6.61 Å². The Morgan fingerprint density at radius 3 is 1.79 bits per heavy atom. The minimum atomic E-state index is 0.283. The van der Waals surface area contributed by atoms with Crippen molar-refractivity contribution in [3.05, 3.63) is 83.4 Å². The molecule has 0 spiro atoms. The van der Waals surface area contributed by atoms with Crippen molar-refractivity contribution in [2.45, 2.75) is 58.8 Å². The van der Waals surface area contributed by atoms with Crippen LogP contribution in [0.5, 0.6) is 0 Å². The molecule has 0 atom stereocenters. The number of aliphatic hydroxyl groups excluding tert-OH is 1.